The van der Waals surface area contributed by atoms with Crippen LogP contribution in [0.25, 0.3) is 11.3 Å². The number of pyridine rings is 1. The lowest BCUT2D eigenvalue weighted by atomic mass is 10.0. The first kappa shape index (κ1) is 12.1. The molecular weight excluding hydrogens is 232 g/mol. The van der Waals surface area contributed by atoms with Crippen molar-refractivity contribution in [3.05, 3.63) is 52.7 Å². The van der Waals surface area contributed by atoms with Crippen LogP contribution in [0, 0.1) is 6.92 Å². The van der Waals surface area contributed by atoms with Crippen molar-refractivity contribution in [1.29, 1.82) is 0 Å². The summed E-state index contributed by atoms with van der Waals surface area (Å²) in [4.78, 5) is 4.41. The summed E-state index contributed by atoms with van der Waals surface area (Å²) in [6.07, 6.45) is 1.84. The zero-order valence-electron chi connectivity index (χ0n) is 10.00. The number of nitrogens with zero attached hydrogens (tertiary/aromatic N) is 1. The summed E-state index contributed by atoms with van der Waals surface area (Å²) in [6.45, 7) is 2.91. The molecule has 2 rings (SSSR count). The highest BCUT2D eigenvalue weighted by atomic mass is 35.5. The third-order valence-corrected chi connectivity index (χ3v) is 2.92. The molecule has 17 heavy (non-hydrogen) atoms. The van der Waals surface area contributed by atoms with Crippen LogP contribution in [-0.2, 0) is 6.54 Å². The van der Waals surface area contributed by atoms with Gasteiger partial charge in [-0.1, -0.05) is 17.7 Å². The third kappa shape index (κ3) is 2.84. The highest BCUT2D eigenvalue weighted by Gasteiger charge is 2.05. The molecule has 0 radical (unpaired) electrons. The van der Waals surface area contributed by atoms with Crippen molar-refractivity contribution >= 4 is 11.6 Å². The van der Waals surface area contributed by atoms with E-state index < -0.39 is 0 Å². The Morgan fingerprint density at radius 1 is 1.24 bits per heavy atom. The number of hydrogen-bond acceptors (Lipinski definition) is 2. The zero-order valence-corrected chi connectivity index (χ0v) is 10.8. The Morgan fingerprint density at radius 3 is 2.82 bits per heavy atom. The van der Waals surface area contributed by atoms with Gasteiger partial charge in [0.2, 0.25) is 0 Å². The minimum absolute atomic E-state index is 0.742. The van der Waals surface area contributed by atoms with Crippen LogP contribution in [0.1, 0.15) is 11.1 Å². The molecule has 0 aliphatic rings. The molecule has 0 fully saturated rings. The van der Waals surface area contributed by atoms with E-state index in [1.54, 1.807) is 0 Å². The minimum atomic E-state index is 0.742. The predicted octanol–water partition coefficient (Wildman–Crippen LogP) is 3.43. The van der Waals surface area contributed by atoms with Crippen LogP contribution in [0.5, 0.6) is 0 Å². The SMILES string of the molecule is CNCc1ccnc(-c2cc(Cl)ccc2C)c1. The van der Waals surface area contributed by atoms with Gasteiger partial charge in [-0.15, -0.1) is 0 Å². The molecule has 1 aromatic carbocycles. The van der Waals surface area contributed by atoms with Crippen LogP contribution >= 0.6 is 11.6 Å². The number of rotatable bonds is 3. The number of benzene rings is 1. The molecule has 1 aromatic heterocycles. The molecule has 0 atom stereocenters. The first-order valence-corrected chi connectivity index (χ1v) is 5.94. The predicted molar refractivity (Wildman–Crippen MR) is 72.2 cm³/mol. The Hall–Kier alpha value is -1.38. The van der Waals surface area contributed by atoms with Crippen LogP contribution in [0.2, 0.25) is 5.02 Å². The van der Waals surface area contributed by atoms with Crippen molar-refractivity contribution in [2.24, 2.45) is 0 Å². The van der Waals surface area contributed by atoms with Crippen LogP contribution in [0.3, 0.4) is 0 Å². The number of nitrogens with one attached hydrogen (secondary N) is 1. The molecule has 88 valence electrons. The molecular formula is C14H15ClN2. The maximum atomic E-state index is 6.03. The van der Waals surface area contributed by atoms with Gasteiger partial charge in [-0.05, 0) is 49.4 Å². The van der Waals surface area contributed by atoms with Gasteiger partial charge in [0.05, 0.1) is 5.69 Å². The first-order chi connectivity index (χ1) is 8.20. The molecule has 0 spiro atoms. The minimum Gasteiger partial charge on any atom is -0.316 e. The molecule has 0 saturated heterocycles. The Labute approximate surface area is 107 Å². The molecule has 2 aromatic rings. The van der Waals surface area contributed by atoms with E-state index >= 15 is 0 Å². The van der Waals surface area contributed by atoms with Crippen molar-refractivity contribution in [2.75, 3.05) is 7.05 Å². The summed E-state index contributed by atoms with van der Waals surface area (Å²) in [5.74, 6) is 0. The molecule has 0 saturated carbocycles. The summed E-state index contributed by atoms with van der Waals surface area (Å²) in [7, 11) is 1.94. The average molecular weight is 247 g/mol. The van der Waals surface area contributed by atoms with Gasteiger partial charge >= 0.3 is 0 Å². The smallest absolute Gasteiger partial charge is 0.0708 e. The second-order valence-electron chi connectivity index (χ2n) is 4.04. The summed E-state index contributed by atoms with van der Waals surface area (Å²) in [5.41, 5.74) is 4.47. The van der Waals surface area contributed by atoms with Crippen molar-refractivity contribution in [3.63, 3.8) is 0 Å². The largest absolute Gasteiger partial charge is 0.316 e. The van der Waals surface area contributed by atoms with Gasteiger partial charge in [-0.3, -0.25) is 4.98 Å². The summed E-state index contributed by atoms with van der Waals surface area (Å²) in [6, 6.07) is 9.99. The average Bonchev–Trinajstić information content (AvgIpc) is 2.33. The van der Waals surface area contributed by atoms with Crippen LogP contribution in [0.15, 0.2) is 36.5 Å². The topological polar surface area (TPSA) is 24.9 Å². The zero-order chi connectivity index (χ0) is 12.3. The van der Waals surface area contributed by atoms with Gasteiger partial charge in [0.1, 0.15) is 0 Å². The van der Waals surface area contributed by atoms with E-state index in [2.05, 4.69) is 23.3 Å². The van der Waals surface area contributed by atoms with Crippen LogP contribution in [0.4, 0.5) is 0 Å². The molecule has 1 heterocycles. The number of hydrogen-bond donors (Lipinski definition) is 1. The lowest BCUT2D eigenvalue weighted by molar-refractivity contribution is 0.816. The van der Waals surface area contributed by atoms with E-state index in [1.807, 2.05) is 37.5 Å². The van der Waals surface area contributed by atoms with Crippen molar-refractivity contribution in [2.45, 2.75) is 13.5 Å². The standard InChI is InChI=1S/C14H15ClN2/c1-10-3-4-12(15)8-13(10)14-7-11(9-16-2)5-6-17-14/h3-8,16H,9H2,1-2H3. The Morgan fingerprint density at radius 2 is 2.06 bits per heavy atom. The molecule has 0 amide bonds. The molecule has 0 aliphatic heterocycles. The molecule has 0 aliphatic carbocycles. The summed E-state index contributed by atoms with van der Waals surface area (Å²) in [5, 5.41) is 3.88. The molecule has 3 heteroatoms. The molecule has 0 unspecified atom stereocenters. The fourth-order valence-corrected chi connectivity index (χ4v) is 1.98. The van der Waals surface area contributed by atoms with E-state index in [4.69, 9.17) is 11.6 Å². The number of halogens is 1. The van der Waals surface area contributed by atoms with Crippen LogP contribution < -0.4 is 5.32 Å². The Bertz CT molecular complexity index is 523. The van der Waals surface area contributed by atoms with Gasteiger partial charge in [0.25, 0.3) is 0 Å². The summed E-state index contributed by atoms with van der Waals surface area (Å²) < 4.78 is 0. The molecule has 2 nitrogen and oxygen atoms in total. The van der Waals surface area contributed by atoms with Crippen molar-refractivity contribution < 1.29 is 0 Å². The molecule has 1 N–H and O–H groups in total. The normalized spacial score (nSPS) is 10.5. The highest BCUT2D eigenvalue weighted by Crippen LogP contribution is 2.25. The second-order valence-corrected chi connectivity index (χ2v) is 4.48. The Kier molecular flexibility index (Phi) is 3.77. The second kappa shape index (κ2) is 5.30. The van der Waals surface area contributed by atoms with Gasteiger partial charge in [0, 0.05) is 23.3 Å². The van der Waals surface area contributed by atoms with E-state index in [-0.39, 0.29) is 0 Å². The lowest BCUT2D eigenvalue weighted by Gasteiger charge is -2.07. The number of aryl methyl sites for hydroxylation is 1. The van der Waals surface area contributed by atoms with Gasteiger partial charge in [0.15, 0.2) is 0 Å². The quantitative estimate of drug-likeness (QED) is 0.898. The van der Waals surface area contributed by atoms with Gasteiger partial charge in [-0.25, -0.2) is 0 Å². The fraction of sp³-hybridized carbons (Fsp3) is 0.214. The highest BCUT2D eigenvalue weighted by molar-refractivity contribution is 6.30. The third-order valence-electron chi connectivity index (χ3n) is 2.68. The van der Waals surface area contributed by atoms with Gasteiger partial charge < -0.3 is 5.32 Å². The monoisotopic (exact) mass is 246 g/mol. The van der Waals surface area contributed by atoms with Crippen molar-refractivity contribution in [3.8, 4) is 11.3 Å². The first-order valence-electron chi connectivity index (χ1n) is 5.57. The fourth-order valence-electron chi connectivity index (χ4n) is 1.81. The maximum Gasteiger partial charge on any atom is 0.0708 e. The van der Waals surface area contributed by atoms with E-state index in [0.717, 1.165) is 22.8 Å². The van der Waals surface area contributed by atoms with Crippen LogP contribution in [-0.4, -0.2) is 12.0 Å². The van der Waals surface area contributed by atoms with E-state index in [9.17, 15) is 0 Å². The maximum absolute atomic E-state index is 6.03. The Balaban J connectivity index is 2.45. The van der Waals surface area contributed by atoms with E-state index in [0.29, 0.717) is 0 Å². The number of aromatic nitrogens is 1. The molecule has 0 bridgehead atoms. The van der Waals surface area contributed by atoms with Crippen molar-refractivity contribution in [1.82, 2.24) is 10.3 Å². The summed E-state index contributed by atoms with van der Waals surface area (Å²) >= 11 is 6.03. The lowest BCUT2D eigenvalue weighted by Crippen LogP contribution is -2.05. The van der Waals surface area contributed by atoms with Gasteiger partial charge in [-0.2, -0.15) is 0 Å². The van der Waals surface area contributed by atoms with E-state index in [1.165, 1.54) is 11.1 Å².